The van der Waals surface area contributed by atoms with Crippen molar-refractivity contribution in [3.8, 4) is 11.8 Å². The molecule has 3 aromatic carbocycles. The quantitative estimate of drug-likeness (QED) is 0.111. The molecular weight excluding hydrogens is 469 g/mol. The second-order valence-corrected chi connectivity index (χ2v) is 8.72. The molecule has 0 bridgehead atoms. The SMILES string of the molecule is CCCCCc1ccc(CCc2cc(F)c(C#Cc3ccc4c(F)c(F)c(F)cc4c3)c(F)c2)nc1. The first kappa shape index (κ1) is 25.4. The lowest BCUT2D eigenvalue weighted by molar-refractivity contribution is 0.453. The Morgan fingerprint density at radius 2 is 1.47 bits per heavy atom. The molecule has 0 N–H and O–H groups in total. The predicted molar refractivity (Wildman–Crippen MR) is 131 cm³/mol. The maximum Gasteiger partial charge on any atom is 0.195 e. The minimum atomic E-state index is -1.55. The molecule has 6 heteroatoms. The van der Waals surface area contributed by atoms with Crippen LogP contribution in [0.5, 0.6) is 0 Å². The first-order valence-corrected chi connectivity index (χ1v) is 11.9. The van der Waals surface area contributed by atoms with Gasteiger partial charge in [-0.15, -0.1) is 0 Å². The molecule has 0 aliphatic rings. The van der Waals surface area contributed by atoms with Crippen LogP contribution in [0, 0.1) is 40.9 Å². The van der Waals surface area contributed by atoms with Gasteiger partial charge in [-0.2, -0.15) is 0 Å². The van der Waals surface area contributed by atoms with Gasteiger partial charge in [-0.3, -0.25) is 4.98 Å². The molecule has 0 fully saturated rings. The lowest BCUT2D eigenvalue weighted by atomic mass is 10.0. The van der Waals surface area contributed by atoms with E-state index >= 15 is 0 Å². The van der Waals surface area contributed by atoms with Gasteiger partial charge < -0.3 is 0 Å². The van der Waals surface area contributed by atoms with Crippen LogP contribution in [0.1, 0.15) is 54.1 Å². The lowest BCUT2D eigenvalue weighted by Crippen LogP contribution is -1.99. The molecule has 1 nitrogen and oxygen atoms in total. The second-order valence-electron chi connectivity index (χ2n) is 8.72. The average molecular weight is 494 g/mol. The number of hydrogen-bond donors (Lipinski definition) is 0. The van der Waals surface area contributed by atoms with Gasteiger partial charge in [0.2, 0.25) is 0 Å². The van der Waals surface area contributed by atoms with E-state index in [-0.39, 0.29) is 16.3 Å². The van der Waals surface area contributed by atoms with Crippen LogP contribution >= 0.6 is 0 Å². The van der Waals surface area contributed by atoms with Gasteiger partial charge in [0, 0.05) is 22.8 Å². The third-order valence-corrected chi connectivity index (χ3v) is 6.03. The Bertz CT molecular complexity index is 1430. The molecule has 1 aromatic heterocycles. The van der Waals surface area contributed by atoms with Gasteiger partial charge in [0.25, 0.3) is 0 Å². The Labute approximate surface area is 207 Å². The Balaban J connectivity index is 1.46. The van der Waals surface area contributed by atoms with E-state index in [0.717, 1.165) is 31.0 Å². The van der Waals surface area contributed by atoms with Gasteiger partial charge in [0.05, 0.1) is 5.56 Å². The van der Waals surface area contributed by atoms with Crippen molar-refractivity contribution in [2.75, 3.05) is 0 Å². The van der Waals surface area contributed by atoms with E-state index in [9.17, 15) is 22.0 Å². The molecule has 0 aliphatic heterocycles. The fourth-order valence-electron chi connectivity index (χ4n) is 4.01. The summed E-state index contributed by atoms with van der Waals surface area (Å²) in [7, 11) is 0. The number of fused-ring (bicyclic) bond motifs is 1. The zero-order chi connectivity index (χ0) is 25.7. The third kappa shape index (κ3) is 5.91. The normalized spacial score (nSPS) is 10.9. The summed E-state index contributed by atoms with van der Waals surface area (Å²) in [5.41, 5.74) is 2.40. The van der Waals surface area contributed by atoms with Crippen LogP contribution in [0.4, 0.5) is 22.0 Å². The van der Waals surface area contributed by atoms with Gasteiger partial charge in [-0.1, -0.05) is 43.7 Å². The van der Waals surface area contributed by atoms with E-state index in [1.165, 1.54) is 42.3 Å². The van der Waals surface area contributed by atoms with Crippen LogP contribution < -0.4 is 0 Å². The third-order valence-electron chi connectivity index (χ3n) is 6.03. The fourth-order valence-corrected chi connectivity index (χ4v) is 4.01. The van der Waals surface area contributed by atoms with Crippen LogP contribution in [0.15, 0.2) is 54.7 Å². The van der Waals surface area contributed by atoms with Crippen molar-refractivity contribution in [3.05, 3.63) is 112 Å². The summed E-state index contributed by atoms with van der Waals surface area (Å²) < 4.78 is 70.1. The van der Waals surface area contributed by atoms with E-state index in [2.05, 4.69) is 23.7 Å². The summed E-state index contributed by atoms with van der Waals surface area (Å²) in [4.78, 5) is 4.46. The van der Waals surface area contributed by atoms with Crippen molar-refractivity contribution in [3.63, 3.8) is 0 Å². The van der Waals surface area contributed by atoms with Gasteiger partial charge in [-0.05, 0) is 78.6 Å². The summed E-state index contributed by atoms with van der Waals surface area (Å²) in [5, 5.41) is -0.0149. The molecule has 0 radical (unpaired) electrons. The number of halogens is 5. The maximum absolute atomic E-state index is 14.6. The van der Waals surface area contributed by atoms with Gasteiger partial charge in [0.15, 0.2) is 17.5 Å². The van der Waals surface area contributed by atoms with Gasteiger partial charge in [-0.25, -0.2) is 22.0 Å². The molecule has 0 atom stereocenters. The number of rotatable bonds is 7. The highest BCUT2D eigenvalue weighted by Gasteiger charge is 2.14. The summed E-state index contributed by atoms with van der Waals surface area (Å²) >= 11 is 0. The number of hydrogen-bond acceptors (Lipinski definition) is 1. The van der Waals surface area contributed by atoms with Crippen LogP contribution in [0.2, 0.25) is 0 Å². The molecular formula is C30H24F5N. The van der Waals surface area contributed by atoms with Crippen LogP contribution in [0.25, 0.3) is 10.8 Å². The second kappa shape index (κ2) is 11.3. The van der Waals surface area contributed by atoms with Crippen molar-refractivity contribution >= 4 is 10.8 Å². The number of nitrogens with zero attached hydrogens (tertiary/aromatic N) is 1. The first-order valence-electron chi connectivity index (χ1n) is 11.9. The summed E-state index contributed by atoms with van der Waals surface area (Å²) in [5.74, 6) is -0.696. The highest BCUT2D eigenvalue weighted by atomic mass is 19.2. The Kier molecular flexibility index (Phi) is 8.00. The van der Waals surface area contributed by atoms with Crippen molar-refractivity contribution in [1.82, 2.24) is 4.98 Å². The van der Waals surface area contributed by atoms with Crippen molar-refractivity contribution < 1.29 is 22.0 Å². The monoisotopic (exact) mass is 493 g/mol. The zero-order valence-corrected chi connectivity index (χ0v) is 19.8. The van der Waals surface area contributed by atoms with E-state index in [1.54, 1.807) is 0 Å². The van der Waals surface area contributed by atoms with Crippen molar-refractivity contribution in [1.29, 1.82) is 0 Å². The number of aryl methyl sites for hydroxylation is 3. The Hall–Kier alpha value is -3.72. The molecule has 0 amide bonds. The smallest absolute Gasteiger partial charge is 0.195 e. The van der Waals surface area contributed by atoms with Gasteiger partial charge in [0.1, 0.15) is 11.6 Å². The summed E-state index contributed by atoms with van der Waals surface area (Å²) in [6, 6.07) is 11.3. The van der Waals surface area contributed by atoms with Crippen molar-refractivity contribution in [2.24, 2.45) is 0 Å². The van der Waals surface area contributed by atoms with Crippen LogP contribution in [0.3, 0.4) is 0 Å². The Morgan fingerprint density at radius 3 is 2.17 bits per heavy atom. The number of unbranched alkanes of at least 4 members (excludes halogenated alkanes) is 2. The summed E-state index contributed by atoms with van der Waals surface area (Å²) in [6.07, 6.45) is 7.29. The van der Waals surface area contributed by atoms with Crippen LogP contribution in [-0.2, 0) is 19.3 Å². The average Bonchev–Trinajstić information content (AvgIpc) is 2.86. The fraction of sp³-hybridized carbons (Fsp3) is 0.233. The topological polar surface area (TPSA) is 12.9 Å². The summed E-state index contributed by atoms with van der Waals surface area (Å²) in [6.45, 7) is 2.16. The maximum atomic E-state index is 14.6. The molecule has 0 saturated carbocycles. The molecule has 4 rings (SSSR count). The molecule has 0 aliphatic carbocycles. The molecule has 1 heterocycles. The lowest BCUT2D eigenvalue weighted by Gasteiger charge is -2.06. The van der Waals surface area contributed by atoms with Gasteiger partial charge >= 0.3 is 0 Å². The number of benzene rings is 3. The minimum absolute atomic E-state index is 0.0945. The molecule has 0 unspecified atom stereocenters. The highest BCUT2D eigenvalue weighted by molar-refractivity contribution is 5.84. The predicted octanol–water partition coefficient (Wildman–Crippen LogP) is 7.85. The molecule has 184 valence electrons. The molecule has 0 spiro atoms. The largest absolute Gasteiger partial charge is 0.261 e. The number of aromatic nitrogens is 1. The molecule has 0 saturated heterocycles. The number of pyridine rings is 1. The van der Waals surface area contributed by atoms with E-state index < -0.39 is 34.6 Å². The highest BCUT2D eigenvalue weighted by Crippen LogP contribution is 2.24. The van der Waals surface area contributed by atoms with E-state index in [0.29, 0.717) is 18.4 Å². The standard InChI is InChI=1S/C30H24F5N/c1-2-3-4-5-20-6-10-23(36-18-20)11-7-21-15-26(31)25(27(32)16-21)13-9-19-8-12-24-22(14-19)17-28(33)30(35)29(24)34/h6,8,10,12,14-18H,2-5,7,11H2,1H3. The van der Waals surface area contributed by atoms with E-state index in [1.807, 2.05) is 18.3 Å². The Morgan fingerprint density at radius 1 is 0.694 bits per heavy atom. The van der Waals surface area contributed by atoms with Crippen molar-refractivity contribution in [2.45, 2.75) is 45.4 Å². The van der Waals surface area contributed by atoms with Crippen LogP contribution in [-0.4, -0.2) is 4.98 Å². The molecule has 4 aromatic rings. The molecule has 36 heavy (non-hydrogen) atoms. The first-order chi connectivity index (χ1) is 17.4. The van der Waals surface area contributed by atoms with E-state index in [4.69, 9.17) is 0 Å². The zero-order valence-electron chi connectivity index (χ0n) is 19.8. The minimum Gasteiger partial charge on any atom is -0.261 e.